The second-order valence-corrected chi connectivity index (χ2v) is 24.1. The van der Waals surface area contributed by atoms with E-state index in [-0.39, 0.29) is 58.2 Å². The molecule has 4 amide bonds. The number of amides is 4. The molecule has 0 bridgehead atoms. The highest BCUT2D eigenvalue weighted by molar-refractivity contribution is 8.30. The Morgan fingerprint density at radius 1 is 0.368 bits per heavy atom. The second-order valence-electron chi connectivity index (χ2n) is 19.4. The smallest absolute Gasteiger partial charge is 0.271 e. The summed E-state index contributed by atoms with van der Waals surface area (Å²) >= 11 is 6.70. The zero-order chi connectivity index (χ0) is 47.6. The number of unbranched alkanes of at least 4 members (excludes halogenated alkanes) is 16. The van der Waals surface area contributed by atoms with Gasteiger partial charge in [-0.05, 0) is 61.8 Å². The zero-order valence-corrected chi connectivity index (χ0v) is 44.1. The minimum Gasteiger partial charge on any atom is -0.271 e. The predicted molar refractivity (Wildman–Crippen MR) is 281 cm³/mol. The van der Waals surface area contributed by atoms with E-state index < -0.39 is 0 Å². The molecule has 2 atom stereocenters. The summed E-state index contributed by atoms with van der Waals surface area (Å²) in [5.41, 5.74) is 3.12. The maximum atomic E-state index is 13.9. The molecule has 2 aromatic heterocycles. The summed E-state index contributed by atoms with van der Waals surface area (Å²) in [7, 11) is 0. The first-order valence-corrected chi connectivity index (χ1v) is 29.4. The number of fused-ring (bicyclic) bond motifs is 6. The molecule has 0 saturated heterocycles. The number of nitrogens with zero attached hydrogens (tertiary/aromatic N) is 6. The van der Waals surface area contributed by atoms with E-state index in [1.54, 1.807) is 47.0 Å². The van der Waals surface area contributed by atoms with E-state index in [2.05, 4.69) is 27.7 Å². The Morgan fingerprint density at radius 3 is 0.868 bits per heavy atom. The lowest BCUT2D eigenvalue weighted by Gasteiger charge is -2.22. The molecular weight excluding hydrogens is 925 g/mol. The van der Waals surface area contributed by atoms with Crippen LogP contribution in [-0.4, -0.2) is 66.5 Å². The van der Waals surface area contributed by atoms with E-state index >= 15 is 0 Å². The standard InChI is InChI=1S/C54H70N6O4S4/c1-5-9-13-17-19-23-27-35(25-21-15-11-7-3)33-59-49(61)45-46(50(59)62)56-38-30-42-41(29-37(38)55-45)65-53(66-42)54-67-43-31-39-40(32-44(43)68-54)58-48-47(57-39)51(63)60(52(48)64)34-36(26-22-16-12-8-4)28-24-20-18-14-10-6-2/h29-32,35-36H,5-28,33-34H2,1-4H3. The molecule has 6 heterocycles. The Kier molecular flexibility index (Phi) is 18.4. The summed E-state index contributed by atoms with van der Waals surface area (Å²) in [5.74, 6) is -0.721. The van der Waals surface area contributed by atoms with E-state index in [1.807, 2.05) is 24.3 Å². The van der Waals surface area contributed by atoms with Gasteiger partial charge in [-0.1, -0.05) is 203 Å². The number of rotatable bonds is 28. The number of benzene rings is 2. The molecule has 0 saturated carbocycles. The largest absolute Gasteiger partial charge is 0.281 e. The molecule has 4 aromatic rings. The number of aromatic nitrogens is 4. The van der Waals surface area contributed by atoms with Crippen LogP contribution in [0.15, 0.2) is 52.3 Å². The summed E-state index contributed by atoms with van der Waals surface area (Å²) in [4.78, 5) is 81.7. The van der Waals surface area contributed by atoms with Crippen molar-refractivity contribution >= 4 is 92.7 Å². The van der Waals surface area contributed by atoms with Crippen LogP contribution in [0.2, 0.25) is 0 Å². The van der Waals surface area contributed by atoms with Crippen molar-refractivity contribution in [1.29, 1.82) is 0 Å². The maximum absolute atomic E-state index is 13.9. The van der Waals surface area contributed by atoms with Gasteiger partial charge in [0.25, 0.3) is 23.6 Å². The highest BCUT2D eigenvalue weighted by Gasteiger charge is 2.42. The van der Waals surface area contributed by atoms with Crippen molar-refractivity contribution in [1.82, 2.24) is 29.7 Å². The van der Waals surface area contributed by atoms with Gasteiger partial charge in [0.15, 0.2) is 22.8 Å². The molecule has 0 radical (unpaired) electrons. The van der Waals surface area contributed by atoms with Crippen LogP contribution < -0.4 is 0 Å². The third kappa shape index (κ3) is 12.0. The summed E-state index contributed by atoms with van der Waals surface area (Å²) in [5, 5.41) is 0. The lowest BCUT2D eigenvalue weighted by Crippen LogP contribution is -2.35. The number of hydrogen-bond acceptors (Lipinski definition) is 12. The molecule has 4 aliphatic rings. The lowest BCUT2D eigenvalue weighted by atomic mass is 9.93. The second kappa shape index (κ2) is 24.6. The van der Waals surface area contributed by atoms with Crippen LogP contribution in [0.3, 0.4) is 0 Å². The predicted octanol–water partition coefficient (Wildman–Crippen LogP) is 15.7. The molecule has 68 heavy (non-hydrogen) atoms. The molecule has 14 heteroatoms. The molecule has 2 unspecified atom stereocenters. The molecule has 0 N–H and O–H groups in total. The average Bonchev–Trinajstić information content (AvgIpc) is 4.07. The highest BCUT2D eigenvalue weighted by atomic mass is 32.2. The number of hydrogen-bond donors (Lipinski definition) is 0. The first-order chi connectivity index (χ1) is 33.2. The van der Waals surface area contributed by atoms with Crippen LogP contribution in [0.4, 0.5) is 0 Å². The van der Waals surface area contributed by atoms with Crippen molar-refractivity contribution in [2.24, 2.45) is 11.8 Å². The molecule has 364 valence electrons. The molecule has 8 rings (SSSR count). The Bertz CT molecular complexity index is 2230. The van der Waals surface area contributed by atoms with Gasteiger partial charge in [0.05, 0.1) is 30.5 Å². The van der Waals surface area contributed by atoms with Crippen LogP contribution in [0, 0.1) is 11.8 Å². The minimum absolute atomic E-state index is 0.167. The summed E-state index contributed by atoms with van der Waals surface area (Å²) in [6.45, 7) is 9.78. The normalized spacial score (nSPS) is 16.2. The lowest BCUT2D eigenvalue weighted by molar-refractivity contribution is 0.0603. The van der Waals surface area contributed by atoms with Gasteiger partial charge in [-0.3, -0.25) is 29.0 Å². The fourth-order valence-corrected chi connectivity index (χ4v) is 15.4. The van der Waals surface area contributed by atoms with Gasteiger partial charge < -0.3 is 0 Å². The van der Waals surface area contributed by atoms with Crippen LogP contribution in [0.5, 0.6) is 0 Å². The van der Waals surface area contributed by atoms with Gasteiger partial charge in [0.1, 0.15) is 0 Å². The summed E-state index contributed by atoms with van der Waals surface area (Å²) in [6.07, 6.45) is 28.2. The molecule has 10 nitrogen and oxygen atoms in total. The van der Waals surface area contributed by atoms with Gasteiger partial charge >= 0.3 is 0 Å². The van der Waals surface area contributed by atoms with E-state index in [1.165, 1.54) is 113 Å². The quantitative estimate of drug-likeness (QED) is 0.0397. The van der Waals surface area contributed by atoms with Gasteiger partial charge in [-0.25, -0.2) is 19.9 Å². The maximum Gasteiger partial charge on any atom is 0.281 e. The van der Waals surface area contributed by atoms with Crippen molar-refractivity contribution in [3.63, 3.8) is 0 Å². The van der Waals surface area contributed by atoms with Crippen LogP contribution >= 0.6 is 47.0 Å². The van der Waals surface area contributed by atoms with E-state index in [4.69, 9.17) is 19.9 Å². The number of carbonyl (C=O) groups excluding carboxylic acids is 4. The monoisotopic (exact) mass is 994 g/mol. The number of carbonyl (C=O) groups is 4. The van der Waals surface area contributed by atoms with Crippen molar-refractivity contribution in [2.45, 2.75) is 201 Å². The van der Waals surface area contributed by atoms with Crippen LogP contribution in [0.25, 0.3) is 22.1 Å². The molecule has 2 aromatic carbocycles. The Labute approximate surface area is 421 Å². The van der Waals surface area contributed by atoms with E-state index in [0.29, 0.717) is 35.2 Å². The Morgan fingerprint density at radius 2 is 0.603 bits per heavy atom. The molecule has 0 fully saturated rings. The first kappa shape index (κ1) is 50.9. The molecule has 0 spiro atoms. The van der Waals surface area contributed by atoms with Gasteiger partial charge in [-0.2, -0.15) is 0 Å². The Hall–Kier alpha value is -3.46. The van der Waals surface area contributed by atoms with Crippen molar-refractivity contribution in [3.8, 4) is 0 Å². The molecule has 4 aliphatic heterocycles. The summed E-state index contributed by atoms with van der Waals surface area (Å²) in [6, 6.07) is 8.00. The third-order valence-electron chi connectivity index (χ3n) is 14.0. The van der Waals surface area contributed by atoms with Crippen LogP contribution in [0.1, 0.15) is 224 Å². The van der Waals surface area contributed by atoms with E-state index in [0.717, 1.165) is 79.4 Å². The topological polar surface area (TPSA) is 126 Å². The van der Waals surface area contributed by atoms with Crippen molar-refractivity contribution in [2.75, 3.05) is 13.1 Å². The zero-order valence-electron chi connectivity index (χ0n) is 40.8. The fourth-order valence-electron chi connectivity index (χ4n) is 10.00. The molecular formula is C54H70N6O4S4. The minimum atomic E-state index is -0.323. The van der Waals surface area contributed by atoms with Gasteiger partial charge in [-0.15, -0.1) is 0 Å². The number of thioether (sulfide) groups is 4. The van der Waals surface area contributed by atoms with Crippen molar-refractivity contribution in [3.05, 3.63) is 55.5 Å². The molecule has 0 aliphatic carbocycles. The number of imide groups is 2. The SMILES string of the molecule is CCCCCCCCC(CCCCCC)CN1C(=O)c2nc3cc4c(cc3nc2C1=O)SC(=C1Sc2cc3nc5c(nc3cc2S1)C(=O)N(CC(CCCCCC)CCCCCCCC)C5=O)S4. The first-order valence-electron chi connectivity index (χ1n) is 26.1. The van der Waals surface area contributed by atoms with E-state index in [9.17, 15) is 19.2 Å². The third-order valence-corrected chi connectivity index (χ3v) is 19.5. The van der Waals surface area contributed by atoms with Gasteiger partial charge in [0.2, 0.25) is 0 Å². The van der Waals surface area contributed by atoms with Crippen molar-refractivity contribution < 1.29 is 19.2 Å². The summed E-state index contributed by atoms with van der Waals surface area (Å²) < 4.78 is 2.25. The Balaban J connectivity index is 0.924. The van der Waals surface area contributed by atoms with Gasteiger partial charge in [0, 0.05) is 32.7 Å². The van der Waals surface area contributed by atoms with Crippen LogP contribution in [-0.2, 0) is 0 Å². The average molecular weight is 995 g/mol. The fraction of sp³-hybridized carbons (Fsp3) is 0.593. The highest BCUT2D eigenvalue weighted by Crippen LogP contribution is 2.62.